The topological polar surface area (TPSA) is 180 Å². The molecule has 0 atom stereocenters. The fourth-order valence-corrected chi connectivity index (χ4v) is 5.64. The molecule has 0 heterocycles. The van der Waals surface area contributed by atoms with Gasteiger partial charge in [0.25, 0.3) is 5.91 Å². The highest BCUT2D eigenvalue weighted by molar-refractivity contribution is 6.38. The molecule has 280 valence electrons. The molecule has 0 aliphatic carbocycles. The van der Waals surface area contributed by atoms with Gasteiger partial charge < -0.3 is 35.6 Å². The van der Waals surface area contributed by atoms with E-state index < -0.39 is 24.4 Å². The van der Waals surface area contributed by atoms with Crippen LogP contribution in [0.1, 0.15) is 53.7 Å². The maximum absolute atomic E-state index is 11.9. The van der Waals surface area contributed by atoms with Crippen molar-refractivity contribution in [1.29, 1.82) is 0 Å². The van der Waals surface area contributed by atoms with E-state index in [0.29, 0.717) is 35.5 Å². The van der Waals surface area contributed by atoms with Gasteiger partial charge in [-0.25, -0.2) is 0 Å². The van der Waals surface area contributed by atoms with Gasteiger partial charge in [0.1, 0.15) is 19.8 Å². The average molecular weight is 808 g/mol. The number of rotatable bonds is 15. The normalized spacial score (nSPS) is 10.3. The SMILES string of the molecule is CCC(=O)Nc1cccc(COc2c(Cl)cc(C(=O)NCC(=O)O)cc2Cl)c1.CCC(=O)Nc1cccc(COc2c(Cl)cc(CC(=O)O)cc2Cl)c1. The number of carboxylic acid groups (broad SMARTS) is 2. The number of aliphatic carboxylic acids is 2. The van der Waals surface area contributed by atoms with Crippen molar-refractivity contribution in [1.82, 2.24) is 5.32 Å². The van der Waals surface area contributed by atoms with E-state index in [0.717, 1.165) is 11.1 Å². The molecule has 0 bridgehead atoms. The van der Waals surface area contributed by atoms with Crippen molar-refractivity contribution >= 4 is 87.4 Å². The number of benzene rings is 4. The van der Waals surface area contributed by atoms with E-state index in [1.54, 1.807) is 44.2 Å². The standard InChI is InChI=1S/C19H18Cl2N2O5.C18H17Cl2NO4/c1-2-16(24)23-13-5-3-4-11(6-13)10-28-18-14(20)7-12(8-15(18)21)19(27)22-9-17(25)26;1-2-16(22)21-13-5-3-4-11(6-13)10-25-18-14(19)7-12(8-15(18)20)9-17(23)24/h3-8H,2,9-10H2,1H3,(H,22,27)(H,23,24)(H,25,26);3-8H,2,9-10H2,1H3,(H,21,22)(H,23,24). The van der Waals surface area contributed by atoms with Crippen LogP contribution >= 0.6 is 46.4 Å². The average Bonchev–Trinajstić information content (AvgIpc) is 3.10. The van der Waals surface area contributed by atoms with E-state index in [4.69, 9.17) is 66.1 Å². The molecule has 0 spiro atoms. The Morgan fingerprint density at radius 2 is 1.04 bits per heavy atom. The largest absolute Gasteiger partial charge is 0.486 e. The number of amides is 3. The van der Waals surface area contributed by atoms with Gasteiger partial charge in [-0.3, -0.25) is 24.0 Å². The van der Waals surface area contributed by atoms with E-state index in [9.17, 15) is 24.0 Å². The van der Waals surface area contributed by atoms with Crippen molar-refractivity contribution in [2.45, 2.75) is 46.3 Å². The molecule has 0 fully saturated rings. The number of hydrogen-bond donors (Lipinski definition) is 5. The van der Waals surface area contributed by atoms with E-state index in [1.807, 2.05) is 18.2 Å². The summed E-state index contributed by atoms with van der Waals surface area (Å²) in [4.78, 5) is 56.2. The fourth-order valence-electron chi connectivity index (χ4n) is 4.40. The number of ether oxygens (including phenoxy) is 2. The summed E-state index contributed by atoms with van der Waals surface area (Å²) in [7, 11) is 0. The third kappa shape index (κ3) is 14.1. The smallest absolute Gasteiger partial charge is 0.322 e. The van der Waals surface area contributed by atoms with Crippen molar-refractivity contribution in [3.8, 4) is 11.5 Å². The molecule has 4 rings (SSSR count). The predicted octanol–water partition coefficient (Wildman–Crippen LogP) is 8.28. The number of carbonyl (C=O) groups excluding carboxylic acids is 3. The van der Waals surface area contributed by atoms with Gasteiger partial charge in [0.15, 0.2) is 11.5 Å². The summed E-state index contributed by atoms with van der Waals surface area (Å²) >= 11 is 24.6. The van der Waals surface area contributed by atoms with Gasteiger partial charge in [0, 0.05) is 29.8 Å². The van der Waals surface area contributed by atoms with Crippen LogP contribution in [-0.2, 0) is 38.8 Å². The second-order valence-electron chi connectivity index (χ2n) is 11.1. The lowest BCUT2D eigenvalue weighted by Gasteiger charge is -2.13. The zero-order chi connectivity index (χ0) is 39.1. The first-order valence-corrected chi connectivity index (χ1v) is 17.4. The van der Waals surface area contributed by atoms with E-state index in [1.165, 1.54) is 24.3 Å². The monoisotopic (exact) mass is 805 g/mol. The van der Waals surface area contributed by atoms with Crippen molar-refractivity contribution < 1.29 is 43.7 Å². The maximum atomic E-state index is 11.9. The first kappa shape index (κ1) is 42.4. The van der Waals surface area contributed by atoms with Gasteiger partial charge in [-0.05, 0) is 65.2 Å². The molecule has 0 aliphatic rings. The molecule has 4 aromatic carbocycles. The van der Waals surface area contributed by atoms with Gasteiger partial charge in [-0.2, -0.15) is 0 Å². The molecule has 12 nitrogen and oxygen atoms in total. The number of anilines is 2. The van der Waals surface area contributed by atoms with Gasteiger partial charge in [0.05, 0.1) is 26.5 Å². The van der Waals surface area contributed by atoms with Gasteiger partial charge >= 0.3 is 11.9 Å². The Hall–Kier alpha value is -5.01. The van der Waals surface area contributed by atoms with Crippen molar-refractivity contribution in [2.24, 2.45) is 0 Å². The van der Waals surface area contributed by atoms with Crippen LogP contribution in [-0.4, -0.2) is 46.4 Å². The second-order valence-corrected chi connectivity index (χ2v) is 12.7. The van der Waals surface area contributed by atoms with Crippen LogP contribution in [0.25, 0.3) is 0 Å². The third-order valence-corrected chi connectivity index (χ3v) is 8.03. The lowest BCUT2D eigenvalue weighted by molar-refractivity contribution is -0.137. The maximum Gasteiger partial charge on any atom is 0.322 e. The summed E-state index contributed by atoms with van der Waals surface area (Å²) in [5, 5.41) is 25.9. The van der Waals surface area contributed by atoms with E-state index in [2.05, 4.69) is 16.0 Å². The molecule has 3 amide bonds. The van der Waals surface area contributed by atoms with Gasteiger partial charge in [-0.1, -0.05) is 84.5 Å². The Bertz CT molecular complexity index is 1930. The summed E-state index contributed by atoms with van der Waals surface area (Å²) in [6.45, 7) is 3.36. The summed E-state index contributed by atoms with van der Waals surface area (Å²) in [6, 6.07) is 20.1. The fraction of sp³-hybridized carbons (Fsp3) is 0.216. The van der Waals surface area contributed by atoms with Crippen molar-refractivity contribution in [2.75, 3.05) is 17.2 Å². The Balaban J connectivity index is 0.000000287. The Morgan fingerprint density at radius 3 is 1.43 bits per heavy atom. The first-order chi connectivity index (χ1) is 25.2. The van der Waals surface area contributed by atoms with E-state index >= 15 is 0 Å². The van der Waals surface area contributed by atoms with Crippen LogP contribution in [0, 0.1) is 0 Å². The molecule has 4 aromatic rings. The predicted molar refractivity (Wildman–Crippen MR) is 204 cm³/mol. The highest BCUT2D eigenvalue weighted by atomic mass is 35.5. The lowest BCUT2D eigenvalue weighted by Crippen LogP contribution is -2.29. The van der Waals surface area contributed by atoms with Crippen LogP contribution in [0.2, 0.25) is 20.1 Å². The van der Waals surface area contributed by atoms with Crippen LogP contribution in [0.5, 0.6) is 11.5 Å². The van der Waals surface area contributed by atoms with Gasteiger partial charge in [-0.15, -0.1) is 0 Å². The number of nitrogens with one attached hydrogen (secondary N) is 3. The minimum atomic E-state index is -1.16. The van der Waals surface area contributed by atoms with E-state index in [-0.39, 0.29) is 62.9 Å². The van der Waals surface area contributed by atoms with Crippen LogP contribution in [0.4, 0.5) is 11.4 Å². The Kier molecular flexibility index (Phi) is 16.7. The third-order valence-electron chi connectivity index (χ3n) is 6.90. The minimum Gasteiger partial charge on any atom is -0.486 e. The van der Waals surface area contributed by atoms with Crippen molar-refractivity contribution in [3.05, 3.63) is 115 Å². The summed E-state index contributed by atoms with van der Waals surface area (Å²) in [6.07, 6.45) is 0.603. The molecule has 0 saturated heterocycles. The Morgan fingerprint density at radius 1 is 0.604 bits per heavy atom. The summed E-state index contributed by atoms with van der Waals surface area (Å²) in [5.74, 6) is -2.42. The van der Waals surface area contributed by atoms with Gasteiger partial charge in [0.2, 0.25) is 11.8 Å². The second kappa shape index (κ2) is 20.9. The molecule has 0 radical (unpaired) electrons. The van der Waals surface area contributed by atoms with Crippen molar-refractivity contribution in [3.63, 3.8) is 0 Å². The quantitative estimate of drug-likeness (QED) is 0.0790. The van der Waals surface area contributed by atoms with Crippen LogP contribution in [0.3, 0.4) is 0 Å². The summed E-state index contributed by atoms with van der Waals surface area (Å²) in [5.41, 5.74) is 3.56. The zero-order valence-corrected chi connectivity index (χ0v) is 31.5. The molecule has 16 heteroatoms. The molecule has 0 saturated carbocycles. The minimum absolute atomic E-state index is 0.0711. The first-order valence-electron chi connectivity index (χ1n) is 15.9. The molecular weight excluding hydrogens is 772 g/mol. The Labute approximate surface area is 325 Å². The molecule has 53 heavy (non-hydrogen) atoms. The number of hydrogen-bond acceptors (Lipinski definition) is 7. The number of halogens is 4. The zero-order valence-electron chi connectivity index (χ0n) is 28.4. The number of carbonyl (C=O) groups is 5. The highest BCUT2D eigenvalue weighted by Gasteiger charge is 2.16. The molecule has 5 N–H and O–H groups in total. The molecule has 0 unspecified atom stereocenters. The molecule has 0 aromatic heterocycles. The number of carboxylic acids is 2. The lowest BCUT2D eigenvalue weighted by atomic mass is 10.1. The highest BCUT2D eigenvalue weighted by Crippen LogP contribution is 2.36. The molecular formula is C37H35Cl4N3O9. The molecule has 0 aliphatic heterocycles. The van der Waals surface area contributed by atoms with Crippen LogP contribution < -0.4 is 25.4 Å². The summed E-state index contributed by atoms with van der Waals surface area (Å²) < 4.78 is 11.3. The van der Waals surface area contributed by atoms with Crippen LogP contribution in [0.15, 0.2) is 72.8 Å².